The van der Waals surface area contributed by atoms with E-state index in [0.717, 1.165) is 11.1 Å². The molecule has 0 unspecified atom stereocenters. The van der Waals surface area contributed by atoms with E-state index in [1.807, 2.05) is 32.0 Å². The zero-order chi connectivity index (χ0) is 20.8. The largest absolute Gasteiger partial charge is 0.463 e. The predicted molar refractivity (Wildman–Crippen MR) is 112 cm³/mol. The first-order valence-corrected chi connectivity index (χ1v) is 9.13. The summed E-state index contributed by atoms with van der Waals surface area (Å²) in [6.45, 7) is 3.84. The van der Waals surface area contributed by atoms with Crippen LogP contribution >= 0.6 is 0 Å². The highest BCUT2D eigenvalue weighted by Crippen LogP contribution is 2.12. The van der Waals surface area contributed by atoms with Crippen LogP contribution in [0.3, 0.4) is 0 Å². The van der Waals surface area contributed by atoms with Crippen molar-refractivity contribution in [3.05, 3.63) is 75.6 Å². The van der Waals surface area contributed by atoms with E-state index in [4.69, 9.17) is 4.42 Å². The van der Waals surface area contributed by atoms with E-state index in [-0.39, 0.29) is 29.7 Å². The maximum Gasteiger partial charge on any atom is 0.240 e. The van der Waals surface area contributed by atoms with Crippen molar-refractivity contribution in [1.29, 1.82) is 0 Å². The number of rotatable bonds is 6. The summed E-state index contributed by atoms with van der Waals surface area (Å²) in [6.07, 6.45) is 2.52. The third-order valence-corrected chi connectivity index (χ3v) is 4.26. The van der Waals surface area contributed by atoms with Crippen LogP contribution in [0.4, 0.5) is 5.69 Å². The number of anilines is 1. The molecule has 1 heterocycles. The molecule has 3 rings (SSSR count). The summed E-state index contributed by atoms with van der Waals surface area (Å²) < 4.78 is 5.42. The maximum atomic E-state index is 12.4. The summed E-state index contributed by atoms with van der Waals surface area (Å²) in [5.74, 6) is -0.695. The number of hydrazone groups is 1. The second-order valence-corrected chi connectivity index (χ2v) is 6.73. The number of hydrogen-bond donors (Lipinski definition) is 2. The van der Waals surface area contributed by atoms with Crippen LogP contribution in [0.1, 0.15) is 29.5 Å². The fourth-order valence-corrected chi connectivity index (χ4v) is 2.67. The summed E-state index contributed by atoms with van der Waals surface area (Å²) in [6, 6.07) is 12.7. The second-order valence-electron chi connectivity index (χ2n) is 6.73. The fourth-order valence-electron chi connectivity index (χ4n) is 2.67. The van der Waals surface area contributed by atoms with E-state index in [9.17, 15) is 14.4 Å². The highest BCUT2D eigenvalue weighted by atomic mass is 16.3. The van der Waals surface area contributed by atoms with E-state index in [2.05, 4.69) is 15.8 Å². The molecule has 29 heavy (non-hydrogen) atoms. The van der Waals surface area contributed by atoms with Crippen LogP contribution in [0, 0.1) is 13.8 Å². The molecule has 0 radical (unpaired) electrons. The highest BCUT2D eigenvalue weighted by molar-refractivity contribution is 5.93. The van der Waals surface area contributed by atoms with Gasteiger partial charge in [0.2, 0.25) is 17.2 Å². The number of fused-ring (bicyclic) bond motifs is 1. The number of benzene rings is 2. The number of nitrogens with one attached hydrogen (secondary N) is 2. The molecule has 0 saturated carbocycles. The van der Waals surface area contributed by atoms with Crippen molar-refractivity contribution in [2.24, 2.45) is 5.10 Å². The van der Waals surface area contributed by atoms with E-state index < -0.39 is 5.91 Å². The Balaban J connectivity index is 1.52. The molecule has 0 fully saturated rings. The van der Waals surface area contributed by atoms with Gasteiger partial charge in [0.1, 0.15) is 11.8 Å². The third-order valence-electron chi connectivity index (χ3n) is 4.26. The zero-order valence-corrected chi connectivity index (χ0v) is 16.2. The lowest BCUT2D eigenvalue weighted by Crippen LogP contribution is -2.21. The number of aryl methyl sites for hydroxylation is 2. The summed E-state index contributed by atoms with van der Waals surface area (Å²) in [7, 11) is 0. The van der Waals surface area contributed by atoms with E-state index in [1.165, 1.54) is 12.5 Å². The average Bonchev–Trinajstić information content (AvgIpc) is 2.70. The Labute approximate surface area is 167 Å². The average molecular weight is 391 g/mol. The minimum Gasteiger partial charge on any atom is -0.463 e. The van der Waals surface area contributed by atoms with Gasteiger partial charge < -0.3 is 9.73 Å². The molecular weight excluding hydrogens is 370 g/mol. The van der Waals surface area contributed by atoms with Crippen molar-refractivity contribution in [3.8, 4) is 0 Å². The molecule has 0 spiro atoms. The zero-order valence-electron chi connectivity index (χ0n) is 16.2. The molecule has 1 aromatic heterocycles. The first-order chi connectivity index (χ1) is 13.9. The Morgan fingerprint density at radius 1 is 1.00 bits per heavy atom. The molecule has 0 aliphatic carbocycles. The molecule has 0 bridgehead atoms. The maximum absolute atomic E-state index is 12.4. The number of hydrogen-bond acceptors (Lipinski definition) is 5. The van der Waals surface area contributed by atoms with Crippen molar-refractivity contribution in [2.45, 2.75) is 26.7 Å². The molecule has 0 atom stereocenters. The van der Waals surface area contributed by atoms with Crippen LogP contribution < -0.4 is 16.2 Å². The molecule has 2 N–H and O–H groups in total. The minimum atomic E-state index is -0.429. The molecule has 7 heteroatoms. The first-order valence-electron chi connectivity index (χ1n) is 9.13. The van der Waals surface area contributed by atoms with Crippen molar-refractivity contribution in [1.82, 2.24) is 5.43 Å². The molecule has 148 valence electrons. The summed E-state index contributed by atoms with van der Waals surface area (Å²) in [5.41, 5.74) is 5.51. The molecule has 3 aromatic rings. The summed E-state index contributed by atoms with van der Waals surface area (Å²) in [5, 5.41) is 6.96. The molecule has 7 nitrogen and oxygen atoms in total. The topological polar surface area (TPSA) is 101 Å². The lowest BCUT2D eigenvalue weighted by atomic mass is 10.1. The number of nitrogens with zero attached hydrogens (tertiary/aromatic N) is 1. The van der Waals surface area contributed by atoms with Crippen LogP contribution in [0.5, 0.6) is 0 Å². The van der Waals surface area contributed by atoms with Crippen LogP contribution in [-0.4, -0.2) is 18.0 Å². The number of carbonyl (C=O) groups is 2. The van der Waals surface area contributed by atoms with E-state index >= 15 is 0 Å². The van der Waals surface area contributed by atoms with Gasteiger partial charge in [-0.1, -0.05) is 29.3 Å². The third kappa shape index (κ3) is 5.38. The molecule has 2 amide bonds. The Bertz CT molecular complexity index is 1130. The van der Waals surface area contributed by atoms with Gasteiger partial charge in [-0.3, -0.25) is 14.4 Å². The smallest absolute Gasteiger partial charge is 0.240 e. The van der Waals surface area contributed by atoms with Crippen molar-refractivity contribution in [3.63, 3.8) is 0 Å². The number of amides is 2. The molecule has 0 saturated heterocycles. The standard InChI is InChI=1S/C22H21N3O4/c1-14-3-6-17(7-4-14)24-20(26)9-10-21(27)25-23-12-16-13-29-19-8-5-15(2)11-18(19)22(16)28/h3-8,11-13H,9-10H2,1-2H3,(H,24,26)(H,25,27)/b23-12-. The Kier molecular flexibility index (Phi) is 6.19. The van der Waals surface area contributed by atoms with Crippen LogP contribution in [0.15, 0.2) is 63.0 Å². The lowest BCUT2D eigenvalue weighted by Gasteiger charge is -2.05. The van der Waals surface area contributed by atoms with Gasteiger partial charge in [0.25, 0.3) is 0 Å². The van der Waals surface area contributed by atoms with Gasteiger partial charge in [-0.25, -0.2) is 5.43 Å². The predicted octanol–water partition coefficient (Wildman–Crippen LogP) is 3.28. The van der Waals surface area contributed by atoms with Crippen LogP contribution in [0.25, 0.3) is 11.0 Å². The number of carbonyl (C=O) groups excluding carboxylic acids is 2. The summed E-state index contributed by atoms with van der Waals surface area (Å²) >= 11 is 0. The summed E-state index contributed by atoms with van der Waals surface area (Å²) in [4.78, 5) is 36.2. The Morgan fingerprint density at radius 2 is 1.69 bits per heavy atom. The highest BCUT2D eigenvalue weighted by Gasteiger charge is 2.08. The van der Waals surface area contributed by atoms with Gasteiger partial charge in [0.15, 0.2) is 0 Å². The minimum absolute atomic E-state index is 0.0205. The first kappa shape index (κ1) is 20.0. The second kappa shape index (κ2) is 8.97. The van der Waals surface area contributed by atoms with Gasteiger partial charge >= 0.3 is 0 Å². The monoisotopic (exact) mass is 391 g/mol. The van der Waals surface area contributed by atoms with Gasteiger partial charge in [0, 0.05) is 18.5 Å². The van der Waals surface area contributed by atoms with E-state index in [0.29, 0.717) is 16.7 Å². The fraction of sp³-hybridized carbons (Fsp3) is 0.182. The SMILES string of the molecule is Cc1ccc(NC(=O)CCC(=O)N/N=C\c2coc3ccc(C)cc3c2=O)cc1. The molecule has 0 aliphatic rings. The van der Waals surface area contributed by atoms with Crippen molar-refractivity contribution in [2.75, 3.05) is 5.32 Å². The van der Waals surface area contributed by atoms with Gasteiger partial charge in [-0.05, 0) is 38.1 Å². The quantitative estimate of drug-likeness (QED) is 0.497. The van der Waals surface area contributed by atoms with Gasteiger partial charge in [0.05, 0.1) is 17.2 Å². The molecule has 2 aromatic carbocycles. The van der Waals surface area contributed by atoms with Crippen molar-refractivity contribution >= 4 is 34.7 Å². The molecular formula is C22H21N3O4. The van der Waals surface area contributed by atoms with Gasteiger partial charge in [-0.15, -0.1) is 0 Å². The van der Waals surface area contributed by atoms with E-state index in [1.54, 1.807) is 24.3 Å². The molecule has 0 aliphatic heterocycles. The van der Waals surface area contributed by atoms with Gasteiger partial charge in [-0.2, -0.15) is 5.10 Å². The van der Waals surface area contributed by atoms with Crippen LogP contribution in [0.2, 0.25) is 0 Å². The van der Waals surface area contributed by atoms with Crippen LogP contribution in [-0.2, 0) is 9.59 Å². The Morgan fingerprint density at radius 3 is 2.45 bits per heavy atom. The normalized spacial score (nSPS) is 11.0. The Hall–Kier alpha value is -3.74. The van der Waals surface area contributed by atoms with Crippen molar-refractivity contribution < 1.29 is 14.0 Å². The lowest BCUT2D eigenvalue weighted by molar-refractivity contribution is -0.124.